The van der Waals surface area contributed by atoms with Crippen molar-refractivity contribution >= 4 is 23.2 Å². The number of nitrogens with one attached hydrogen (secondary N) is 1. The van der Waals surface area contributed by atoms with Crippen molar-refractivity contribution < 1.29 is 9.21 Å². The molecule has 0 radical (unpaired) electrons. The highest BCUT2D eigenvalue weighted by molar-refractivity contribution is 6.29. The van der Waals surface area contributed by atoms with Gasteiger partial charge in [0.2, 0.25) is 11.8 Å². The van der Waals surface area contributed by atoms with Gasteiger partial charge in [0.05, 0.1) is 0 Å². The Morgan fingerprint density at radius 1 is 1.18 bits per heavy atom. The molecule has 110 valence electrons. The van der Waals surface area contributed by atoms with Crippen LogP contribution in [0, 0.1) is 6.92 Å². The molecule has 3 aromatic rings. The molecule has 0 unspecified atom stereocenters. The third kappa shape index (κ3) is 3.12. The minimum atomic E-state index is -0.346. The van der Waals surface area contributed by atoms with Crippen molar-refractivity contribution in [3.05, 3.63) is 59.2 Å². The molecule has 0 aliphatic heterocycles. The first kappa shape index (κ1) is 14.2. The molecule has 0 aliphatic rings. The second kappa shape index (κ2) is 5.95. The second-order valence-electron chi connectivity index (χ2n) is 4.51. The van der Waals surface area contributed by atoms with Crippen LogP contribution in [-0.2, 0) is 0 Å². The molecule has 0 aliphatic carbocycles. The lowest BCUT2D eigenvalue weighted by molar-refractivity contribution is 0.102. The van der Waals surface area contributed by atoms with Crippen molar-refractivity contribution in [2.24, 2.45) is 0 Å². The van der Waals surface area contributed by atoms with Crippen molar-refractivity contribution in [1.82, 2.24) is 15.2 Å². The largest absolute Gasteiger partial charge is 0.421 e. The Balaban J connectivity index is 1.82. The Labute approximate surface area is 131 Å². The summed E-state index contributed by atoms with van der Waals surface area (Å²) in [5.74, 6) is 0.531. The van der Waals surface area contributed by atoms with E-state index in [0.717, 1.165) is 5.56 Å². The topological polar surface area (TPSA) is 80.9 Å². The number of rotatable bonds is 3. The zero-order valence-electron chi connectivity index (χ0n) is 11.6. The van der Waals surface area contributed by atoms with Crippen LogP contribution in [0.1, 0.15) is 16.4 Å². The first-order valence-corrected chi connectivity index (χ1v) is 6.84. The maximum Gasteiger partial charge on any atom is 0.274 e. The zero-order chi connectivity index (χ0) is 15.5. The third-order valence-electron chi connectivity index (χ3n) is 2.84. The number of pyridine rings is 1. The summed E-state index contributed by atoms with van der Waals surface area (Å²) in [6, 6.07) is 12.0. The Morgan fingerprint density at radius 2 is 2.00 bits per heavy atom. The zero-order valence-corrected chi connectivity index (χ0v) is 12.3. The summed E-state index contributed by atoms with van der Waals surface area (Å²) in [5, 5.41) is 10.7. The van der Waals surface area contributed by atoms with Gasteiger partial charge < -0.3 is 9.73 Å². The molecule has 2 heterocycles. The number of hydrogen-bond donors (Lipinski definition) is 1. The lowest BCUT2D eigenvalue weighted by Crippen LogP contribution is -2.13. The van der Waals surface area contributed by atoms with Gasteiger partial charge in [0.1, 0.15) is 10.8 Å². The van der Waals surface area contributed by atoms with Gasteiger partial charge in [-0.15, -0.1) is 10.2 Å². The number of benzene rings is 1. The van der Waals surface area contributed by atoms with E-state index in [-0.39, 0.29) is 16.8 Å². The van der Waals surface area contributed by atoms with E-state index in [1.165, 1.54) is 0 Å². The van der Waals surface area contributed by atoms with E-state index in [4.69, 9.17) is 16.0 Å². The van der Waals surface area contributed by atoms with Crippen molar-refractivity contribution in [3.8, 4) is 11.5 Å². The molecule has 3 rings (SSSR count). The summed E-state index contributed by atoms with van der Waals surface area (Å²) in [7, 11) is 0. The van der Waals surface area contributed by atoms with Gasteiger partial charge >= 0.3 is 0 Å². The van der Waals surface area contributed by atoms with Crippen LogP contribution in [0.5, 0.6) is 0 Å². The summed E-state index contributed by atoms with van der Waals surface area (Å²) in [6.45, 7) is 1.72. The molecule has 0 spiro atoms. The van der Waals surface area contributed by atoms with Crippen LogP contribution >= 0.6 is 11.6 Å². The number of halogens is 1. The van der Waals surface area contributed by atoms with Crippen molar-refractivity contribution in [2.75, 3.05) is 5.32 Å². The number of carbonyl (C=O) groups excluding carboxylic acids is 1. The predicted octanol–water partition coefficient (Wildman–Crippen LogP) is 3.35. The smallest absolute Gasteiger partial charge is 0.274 e. The fourth-order valence-corrected chi connectivity index (χ4v) is 2.04. The Bertz CT molecular complexity index is 832. The highest BCUT2D eigenvalue weighted by Gasteiger charge is 2.10. The van der Waals surface area contributed by atoms with Crippen molar-refractivity contribution in [2.45, 2.75) is 6.92 Å². The normalized spacial score (nSPS) is 10.5. The lowest BCUT2D eigenvalue weighted by Gasteiger charge is -2.05. The van der Waals surface area contributed by atoms with Gasteiger partial charge in [-0.1, -0.05) is 23.7 Å². The molecule has 1 N–H and O–H groups in total. The van der Waals surface area contributed by atoms with Crippen LogP contribution in [0.4, 0.5) is 5.69 Å². The quantitative estimate of drug-likeness (QED) is 0.750. The molecular formula is C15H11ClN4O2. The molecule has 22 heavy (non-hydrogen) atoms. The van der Waals surface area contributed by atoms with Crippen LogP contribution in [0.25, 0.3) is 11.5 Å². The number of aromatic nitrogens is 3. The number of aryl methyl sites for hydroxylation is 1. The van der Waals surface area contributed by atoms with E-state index < -0.39 is 0 Å². The summed E-state index contributed by atoms with van der Waals surface area (Å²) in [5.41, 5.74) is 1.56. The average molecular weight is 315 g/mol. The molecular weight excluding hydrogens is 304 g/mol. The summed E-state index contributed by atoms with van der Waals surface area (Å²) >= 11 is 5.78. The molecule has 1 aromatic carbocycles. The number of hydrogen-bond acceptors (Lipinski definition) is 5. The van der Waals surface area contributed by atoms with Crippen LogP contribution in [0.2, 0.25) is 5.15 Å². The monoisotopic (exact) mass is 314 g/mol. The van der Waals surface area contributed by atoms with Gasteiger partial charge in [-0.25, -0.2) is 4.98 Å². The minimum absolute atomic E-state index is 0.242. The predicted molar refractivity (Wildman–Crippen MR) is 81.7 cm³/mol. The molecule has 1 amide bonds. The molecule has 7 heteroatoms. The van der Waals surface area contributed by atoms with E-state index in [9.17, 15) is 4.79 Å². The standard InChI is InChI=1S/C15H11ClN4O2/c1-9-19-20-15(22-9)10-4-2-5-11(8-10)17-14(21)12-6-3-7-13(16)18-12/h2-8H,1H3,(H,17,21). The fraction of sp³-hybridized carbons (Fsp3) is 0.0667. The molecule has 0 fully saturated rings. The number of nitrogens with zero attached hydrogens (tertiary/aromatic N) is 3. The highest BCUT2D eigenvalue weighted by atomic mass is 35.5. The maximum absolute atomic E-state index is 12.1. The number of carbonyl (C=O) groups is 1. The van der Waals surface area contributed by atoms with Gasteiger partial charge in [0, 0.05) is 18.2 Å². The molecule has 0 saturated carbocycles. The Morgan fingerprint density at radius 3 is 2.73 bits per heavy atom. The van der Waals surface area contributed by atoms with E-state index in [0.29, 0.717) is 17.5 Å². The number of anilines is 1. The van der Waals surface area contributed by atoms with E-state index >= 15 is 0 Å². The first-order chi connectivity index (χ1) is 10.6. The second-order valence-corrected chi connectivity index (χ2v) is 4.89. The van der Waals surface area contributed by atoms with Crippen molar-refractivity contribution in [1.29, 1.82) is 0 Å². The average Bonchev–Trinajstić information content (AvgIpc) is 2.94. The molecule has 0 atom stereocenters. The number of amides is 1. The van der Waals surface area contributed by atoms with Crippen LogP contribution in [0.15, 0.2) is 46.9 Å². The van der Waals surface area contributed by atoms with Gasteiger partial charge in [0.15, 0.2) is 0 Å². The molecule has 0 bridgehead atoms. The van der Waals surface area contributed by atoms with Crippen LogP contribution in [-0.4, -0.2) is 21.1 Å². The van der Waals surface area contributed by atoms with Gasteiger partial charge in [-0.05, 0) is 30.3 Å². The highest BCUT2D eigenvalue weighted by Crippen LogP contribution is 2.21. The summed E-state index contributed by atoms with van der Waals surface area (Å²) in [4.78, 5) is 16.1. The molecule has 2 aromatic heterocycles. The lowest BCUT2D eigenvalue weighted by atomic mass is 10.2. The minimum Gasteiger partial charge on any atom is -0.421 e. The van der Waals surface area contributed by atoms with Gasteiger partial charge in [-0.3, -0.25) is 4.79 Å². The Hall–Kier alpha value is -2.73. The fourth-order valence-electron chi connectivity index (χ4n) is 1.87. The maximum atomic E-state index is 12.1. The third-order valence-corrected chi connectivity index (χ3v) is 3.05. The van der Waals surface area contributed by atoms with Gasteiger partial charge in [-0.2, -0.15) is 0 Å². The van der Waals surface area contributed by atoms with Crippen molar-refractivity contribution in [3.63, 3.8) is 0 Å². The first-order valence-electron chi connectivity index (χ1n) is 6.46. The van der Waals surface area contributed by atoms with Gasteiger partial charge in [0.25, 0.3) is 5.91 Å². The van der Waals surface area contributed by atoms with Crippen LogP contribution < -0.4 is 5.32 Å². The Kier molecular flexibility index (Phi) is 3.84. The SMILES string of the molecule is Cc1nnc(-c2cccc(NC(=O)c3cccc(Cl)n3)c2)o1. The summed E-state index contributed by atoms with van der Waals surface area (Å²) < 4.78 is 5.37. The molecule has 0 saturated heterocycles. The molecule has 6 nitrogen and oxygen atoms in total. The van der Waals surface area contributed by atoms with E-state index in [2.05, 4.69) is 20.5 Å². The van der Waals surface area contributed by atoms with E-state index in [1.54, 1.807) is 43.3 Å². The van der Waals surface area contributed by atoms with E-state index in [1.807, 2.05) is 6.07 Å². The summed E-state index contributed by atoms with van der Waals surface area (Å²) in [6.07, 6.45) is 0. The van der Waals surface area contributed by atoms with Crippen LogP contribution in [0.3, 0.4) is 0 Å².